The summed E-state index contributed by atoms with van der Waals surface area (Å²) in [6.07, 6.45) is 0. The summed E-state index contributed by atoms with van der Waals surface area (Å²) in [6.45, 7) is 0. The third-order valence-electron chi connectivity index (χ3n) is 4.00. The van der Waals surface area contributed by atoms with Crippen LogP contribution in [-0.2, 0) is 0 Å². The fraction of sp³-hybridized carbons (Fsp3) is 0. The summed E-state index contributed by atoms with van der Waals surface area (Å²) in [5.74, 6) is 0.219. The van der Waals surface area contributed by atoms with Crippen molar-refractivity contribution in [3.05, 3.63) is 94.2 Å². The van der Waals surface area contributed by atoms with Gasteiger partial charge in [-0.3, -0.25) is 4.79 Å². The molecule has 4 aromatic rings. The van der Waals surface area contributed by atoms with Crippen LogP contribution in [0.15, 0.2) is 83.3 Å². The zero-order valence-electron chi connectivity index (χ0n) is 14.5. The molecule has 7 heteroatoms. The van der Waals surface area contributed by atoms with E-state index in [0.29, 0.717) is 16.5 Å². The van der Waals surface area contributed by atoms with Crippen LogP contribution in [0, 0.1) is 0 Å². The van der Waals surface area contributed by atoms with Crippen LogP contribution < -0.4 is 5.32 Å². The van der Waals surface area contributed by atoms with Crippen molar-refractivity contribution in [2.45, 2.75) is 0 Å². The van der Waals surface area contributed by atoms with Crippen molar-refractivity contribution in [1.82, 2.24) is 14.8 Å². The van der Waals surface area contributed by atoms with E-state index in [1.807, 2.05) is 54.6 Å². The van der Waals surface area contributed by atoms with E-state index in [-0.39, 0.29) is 11.7 Å². The number of hydrogen-bond acceptors (Lipinski definition) is 3. The standard InChI is InChI=1S/C21H14BrClN4O/c22-15-9-11-17(12-10-15)24-21(28)19-25-20(14-5-4-6-16(23)13-14)27(26-19)18-7-2-1-3-8-18/h1-13H,(H,24,28). The first-order valence-corrected chi connectivity index (χ1v) is 9.62. The van der Waals surface area contributed by atoms with Gasteiger partial charge in [-0.05, 0) is 48.5 Å². The lowest BCUT2D eigenvalue weighted by atomic mass is 10.2. The Hall–Kier alpha value is -2.96. The summed E-state index contributed by atoms with van der Waals surface area (Å²) in [4.78, 5) is 17.2. The lowest BCUT2D eigenvalue weighted by molar-refractivity contribution is 0.101. The van der Waals surface area contributed by atoms with Gasteiger partial charge in [-0.15, -0.1) is 5.10 Å². The van der Waals surface area contributed by atoms with E-state index in [2.05, 4.69) is 31.3 Å². The molecule has 0 atom stereocenters. The smallest absolute Gasteiger partial charge is 0.295 e. The van der Waals surface area contributed by atoms with Gasteiger partial charge in [-0.1, -0.05) is 57.9 Å². The molecule has 0 bridgehead atoms. The summed E-state index contributed by atoms with van der Waals surface area (Å²) in [5.41, 5.74) is 2.23. The van der Waals surface area contributed by atoms with Crippen molar-refractivity contribution in [2.24, 2.45) is 0 Å². The fourth-order valence-electron chi connectivity index (χ4n) is 2.69. The zero-order chi connectivity index (χ0) is 19.5. The second kappa shape index (κ2) is 7.96. The summed E-state index contributed by atoms with van der Waals surface area (Å²) in [5, 5.41) is 7.84. The molecule has 0 spiro atoms. The van der Waals surface area contributed by atoms with Gasteiger partial charge in [0, 0.05) is 20.7 Å². The molecular formula is C21H14BrClN4O. The topological polar surface area (TPSA) is 59.8 Å². The number of carbonyl (C=O) groups is 1. The molecule has 1 heterocycles. The minimum absolute atomic E-state index is 0.0711. The molecule has 0 aliphatic rings. The Morgan fingerprint density at radius 1 is 0.964 bits per heavy atom. The van der Waals surface area contributed by atoms with Gasteiger partial charge in [-0.25, -0.2) is 9.67 Å². The predicted molar refractivity (Wildman–Crippen MR) is 114 cm³/mol. The number of para-hydroxylation sites is 1. The Balaban J connectivity index is 1.74. The quantitative estimate of drug-likeness (QED) is 0.437. The molecule has 5 nitrogen and oxygen atoms in total. The Bertz CT molecular complexity index is 1130. The van der Waals surface area contributed by atoms with E-state index in [1.165, 1.54) is 0 Å². The minimum atomic E-state index is -0.389. The van der Waals surface area contributed by atoms with Crippen LogP contribution in [0.2, 0.25) is 5.02 Å². The molecule has 3 aromatic carbocycles. The van der Waals surface area contributed by atoms with Gasteiger partial charge in [-0.2, -0.15) is 0 Å². The predicted octanol–water partition coefficient (Wildman–Crippen LogP) is 5.60. The Labute approximate surface area is 175 Å². The number of anilines is 1. The average Bonchev–Trinajstić information content (AvgIpc) is 3.16. The number of rotatable bonds is 4. The zero-order valence-corrected chi connectivity index (χ0v) is 16.9. The van der Waals surface area contributed by atoms with Crippen molar-refractivity contribution in [1.29, 1.82) is 0 Å². The van der Waals surface area contributed by atoms with Crippen LogP contribution >= 0.6 is 27.5 Å². The first kappa shape index (κ1) is 18.4. The van der Waals surface area contributed by atoms with Gasteiger partial charge < -0.3 is 5.32 Å². The average molecular weight is 454 g/mol. The maximum atomic E-state index is 12.7. The first-order valence-electron chi connectivity index (χ1n) is 8.45. The highest BCUT2D eigenvalue weighted by atomic mass is 79.9. The summed E-state index contributed by atoms with van der Waals surface area (Å²) in [6, 6.07) is 24.1. The van der Waals surface area contributed by atoms with Crippen LogP contribution in [0.3, 0.4) is 0 Å². The van der Waals surface area contributed by atoms with Gasteiger partial charge in [0.15, 0.2) is 5.82 Å². The summed E-state index contributed by atoms with van der Waals surface area (Å²) in [7, 11) is 0. The van der Waals surface area contributed by atoms with Crippen LogP contribution in [-0.4, -0.2) is 20.7 Å². The Morgan fingerprint density at radius 2 is 1.71 bits per heavy atom. The highest BCUT2D eigenvalue weighted by molar-refractivity contribution is 9.10. The van der Waals surface area contributed by atoms with Crippen LogP contribution in [0.1, 0.15) is 10.6 Å². The molecule has 0 radical (unpaired) electrons. The van der Waals surface area contributed by atoms with Gasteiger partial charge in [0.05, 0.1) is 5.69 Å². The minimum Gasteiger partial charge on any atom is -0.319 e. The molecule has 0 fully saturated rings. The highest BCUT2D eigenvalue weighted by Crippen LogP contribution is 2.24. The first-order chi connectivity index (χ1) is 13.6. The molecule has 0 aliphatic carbocycles. The molecule has 0 saturated carbocycles. The second-order valence-corrected chi connectivity index (χ2v) is 7.33. The second-order valence-electron chi connectivity index (χ2n) is 5.98. The molecule has 138 valence electrons. The Kier molecular flexibility index (Phi) is 5.23. The van der Waals surface area contributed by atoms with E-state index < -0.39 is 0 Å². The van der Waals surface area contributed by atoms with Crippen molar-refractivity contribution < 1.29 is 4.79 Å². The molecular weight excluding hydrogens is 440 g/mol. The van der Waals surface area contributed by atoms with E-state index in [9.17, 15) is 4.79 Å². The maximum Gasteiger partial charge on any atom is 0.295 e. The highest BCUT2D eigenvalue weighted by Gasteiger charge is 2.19. The van der Waals surface area contributed by atoms with Crippen LogP contribution in [0.4, 0.5) is 5.69 Å². The third-order valence-corrected chi connectivity index (χ3v) is 4.76. The number of nitrogens with zero attached hydrogens (tertiary/aromatic N) is 3. The summed E-state index contributed by atoms with van der Waals surface area (Å²) >= 11 is 9.52. The van der Waals surface area contributed by atoms with Gasteiger partial charge >= 0.3 is 0 Å². The summed E-state index contributed by atoms with van der Waals surface area (Å²) < 4.78 is 2.57. The van der Waals surface area contributed by atoms with E-state index in [1.54, 1.807) is 28.9 Å². The van der Waals surface area contributed by atoms with Gasteiger partial charge in [0.25, 0.3) is 5.91 Å². The number of benzene rings is 3. The van der Waals surface area contributed by atoms with Gasteiger partial charge in [0.1, 0.15) is 0 Å². The molecule has 1 aromatic heterocycles. The number of halogens is 2. The van der Waals surface area contributed by atoms with Crippen molar-refractivity contribution >= 4 is 39.1 Å². The normalized spacial score (nSPS) is 10.6. The number of carbonyl (C=O) groups excluding carboxylic acids is 1. The lowest BCUT2D eigenvalue weighted by Gasteiger charge is -2.05. The third kappa shape index (κ3) is 3.98. The van der Waals surface area contributed by atoms with Crippen LogP contribution in [0.25, 0.3) is 17.1 Å². The van der Waals surface area contributed by atoms with Crippen molar-refractivity contribution in [3.63, 3.8) is 0 Å². The van der Waals surface area contributed by atoms with Crippen molar-refractivity contribution in [3.8, 4) is 17.1 Å². The van der Waals surface area contributed by atoms with E-state index in [4.69, 9.17) is 11.6 Å². The lowest BCUT2D eigenvalue weighted by Crippen LogP contribution is -2.14. The largest absolute Gasteiger partial charge is 0.319 e. The number of aromatic nitrogens is 3. The maximum absolute atomic E-state index is 12.7. The van der Waals surface area contributed by atoms with E-state index >= 15 is 0 Å². The number of hydrogen-bond donors (Lipinski definition) is 1. The van der Waals surface area contributed by atoms with Gasteiger partial charge in [0.2, 0.25) is 5.82 Å². The monoisotopic (exact) mass is 452 g/mol. The Morgan fingerprint density at radius 3 is 2.43 bits per heavy atom. The number of nitrogens with one attached hydrogen (secondary N) is 1. The molecule has 0 saturated heterocycles. The molecule has 0 unspecified atom stereocenters. The van der Waals surface area contributed by atoms with Crippen LogP contribution in [0.5, 0.6) is 0 Å². The molecule has 4 rings (SSSR count). The number of amides is 1. The van der Waals surface area contributed by atoms with Crippen molar-refractivity contribution in [2.75, 3.05) is 5.32 Å². The fourth-order valence-corrected chi connectivity index (χ4v) is 3.15. The SMILES string of the molecule is O=C(Nc1ccc(Br)cc1)c1nc(-c2cccc(Cl)c2)n(-c2ccccc2)n1. The van der Waals surface area contributed by atoms with E-state index in [0.717, 1.165) is 15.7 Å². The molecule has 28 heavy (non-hydrogen) atoms. The molecule has 1 N–H and O–H groups in total. The molecule has 1 amide bonds. The molecule has 0 aliphatic heterocycles.